The van der Waals surface area contributed by atoms with Crippen LogP contribution in [0.5, 0.6) is 0 Å². The second-order valence-electron chi connectivity index (χ2n) is 7.36. The third kappa shape index (κ3) is 2.32. The maximum absolute atomic E-state index is 6.69. The predicted molar refractivity (Wildman–Crippen MR) is 98.9 cm³/mol. The van der Waals surface area contributed by atoms with Crippen molar-refractivity contribution in [2.75, 3.05) is 20.7 Å². The first kappa shape index (κ1) is 16.1. The number of hydrogen-bond acceptors (Lipinski definition) is 2. The number of nitrogens with zero attached hydrogens (tertiary/aromatic N) is 1. The summed E-state index contributed by atoms with van der Waals surface area (Å²) in [5, 5.41) is 0.815. The minimum Gasteiger partial charge on any atom is -0.364 e. The summed E-state index contributed by atoms with van der Waals surface area (Å²) < 4.78 is 6.69. The average molecular weight is 342 g/mol. The highest BCUT2D eigenvalue weighted by molar-refractivity contribution is 6.30. The van der Waals surface area contributed by atoms with Gasteiger partial charge in [0, 0.05) is 17.0 Å². The first-order valence-electron chi connectivity index (χ1n) is 8.72. The molecule has 0 radical (unpaired) electrons. The summed E-state index contributed by atoms with van der Waals surface area (Å²) in [5.41, 5.74) is 5.10. The zero-order valence-electron chi connectivity index (χ0n) is 14.6. The smallest absolute Gasteiger partial charge is 0.119 e. The van der Waals surface area contributed by atoms with Crippen LogP contribution in [0.15, 0.2) is 42.5 Å². The molecule has 2 aromatic carbocycles. The van der Waals surface area contributed by atoms with Crippen LogP contribution in [0.25, 0.3) is 0 Å². The van der Waals surface area contributed by atoms with E-state index in [2.05, 4.69) is 62.3 Å². The summed E-state index contributed by atoms with van der Waals surface area (Å²) in [6.07, 6.45) is 2.17. The molecule has 2 aromatic rings. The van der Waals surface area contributed by atoms with Crippen molar-refractivity contribution in [1.82, 2.24) is 4.90 Å². The van der Waals surface area contributed by atoms with Gasteiger partial charge in [0.1, 0.15) is 5.60 Å². The van der Waals surface area contributed by atoms with Gasteiger partial charge in [-0.25, -0.2) is 0 Å². The maximum Gasteiger partial charge on any atom is 0.119 e. The molecular weight excluding hydrogens is 318 g/mol. The molecule has 3 aliphatic carbocycles. The second-order valence-corrected chi connectivity index (χ2v) is 7.80. The zero-order valence-corrected chi connectivity index (χ0v) is 15.3. The predicted octanol–water partition coefficient (Wildman–Crippen LogP) is 4.79. The minimum atomic E-state index is -0.324. The van der Waals surface area contributed by atoms with Crippen LogP contribution in [0.4, 0.5) is 0 Å². The van der Waals surface area contributed by atoms with Gasteiger partial charge in [0.2, 0.25) is 0 Å². The molecule has 5 rings (SSSR count). The molecule has 2 bridgehead atoms. The highest BCUT2D eigenvalue weighted by Gasteiger charge is 2.49. The Balaban J connectivity index is 1.83. The fourth-order valence-electron chi connectivity index (χ4n) is 4.24. The van der Waals surface area contributed by atoms with Gasteiger partial charge in [-0.3, -0.25) is 0 Å². The van der Waals surface area contributed by atoms with Crippen LogP contribution in [0.2, 0.25) is 5.02 Å². The van der Waals surface area contributed by atoms with Gasteiger partial charge in [-0.15, -0.1) is 0 Å². The van der Waals surface area contributed by atoms with E-state index in [0.717, 1.165) is 17.9 Å². The molecule has 0 N–H and O–H groups in total. The molecule has 0 saturated carbocycles. The summed E-state index contributed by atoms with van der Waals surface area (Å²) >= 11 is 6.31. The van der Waals surface area contributed by atoms with Crippen LogP contribution in [-0.4, -0.2) is 31.6 Å². The molecule has 3 heteroatoms. The Kier molecular flexibility index (Phi) is 3.95. The monoisotopic (exact) mass is 341 g/mol. The van der Waals surface area contributed by atoms with Crippen LogP contribution < -0.4 is 0 Å². The van der Waals surface area contributed by atoms with Gasteiger partial charge < -0.3 is 9.64 Å². The standard InChI is InChI=1S/C21H24ClNO/c1-14(23(2)3)13-24-21-11-10-16(17-6-4-5-7-19(17)21)18-12-15(22)8-9-20(18)21/h4-9,12,14,16H,10-11,13H2,1-3H3. The van der Waals surface area contributed by atoms with Crippen molar-refractivity contribution in [2.24, 2.45) is 0 Å². The van der Waals surface area contributed by atoms with Crippen molar-refractivity contribution in [3.05, 3.63) is 69.7 Å². The van der Waals surface area contributed by atoms with Gasteiger partial charge in [-0.05, 0) is 68.2 Å². The number of ether oxygens (including phenoxy) is 1. The van der Waals surface area contributed by atoms with E-state index in [9.17, 15) is 0 Å². The van der Waals surface area contributed by atoms with Crippen molar-refractivity contribution in [2.45, 2.75) is 37.3 Å². The van der Waals surface area contributed by atoms with Crippen LogP contribution >= 0.6 is 11.6 Å². The van der Waals surface area contributed by atoms with E-state index < -0.39 is 0 Å². The van der Waals surface area contributed by atoms with E-state index in [1.165, 1.54) is 22.3 Å². The Morgan fingerprint density at radius 1 is 1.17 bits per heavy atom. The third-order valence-electron chi connectivity index (χ3n) is 5.83. The largest absolute Gasteiger partial charge is 0.364 e. The normalized spacial score (nSPS) is 25.5. The van der Waals surface area contributed by atoms with E-state index in [1.807, 2.05) is 6.07 Å². The summed E-state index contributed by atoms with van der Waals surface area (Å²) in [6.45, 7) is 2.92. The summed E-state index contributed by atoms with van der Waals surface area (Å²) in [4.78, 5) is 2.21. The fraction of sp³-hybridized carbons (Fsp3) is 0.429. The van der Waals surface area contributed by atoms with Crippen LogP contribution in [0.3, 0.4) is 0 Å². The number of benzene rings is 2. The topological polar surface area (TPSA) is 12.5 Å². The summed E-state index contributed by atoms with van der Waals surface area (Å²) in [5.74, 6) is 0.451. The molecular formula is C21H24ClNO. The van der Waals surface area contributed by atoms with Crippen LogP contribution in [-0.2, 0) is 10.3 Å². The fourth-order valence-corrected chi connectivity index (χ4v) is 4.42. The van der Waals surface area contributed by atoms with E-state index in [0.29, 0.717) is 18.6 Å². The van der Waals surface area contributed by atoms with E-state index in [1.54, 1.807) is 0 Å². The van der Waals surface area contributed by atoms with E-state index in [4.69, 9.17) is 16.3 Å². The molecule has 3 unspecified atom stereocenters. The quantitative estimate of drug-likeness (QED) is 0.792. The molecule has 3 atom stereocenters. The number of hydrogen-bond donors (Lipinski definition) is 0. The van der Waals surface area contributed by atoms with Crippen molar-refractivity contribution < 1.29 is 4.74 Å². The van der Waals surface area contributed by atoms with Crippen molar-refractivity contribution in [3.8, 4) is 0 Å². The average Bonchev–Trinajstić information content (AvgIpc) is 2.60. The molecule has 0 amide bonds. The number of fused-ring (bicyclic) bond motifs is 1. The van der Waals surface area contributed by atoms with E-state index >= 15 is 0 Å². The molecule has 0 aliphatic heterocycles. The molecule has 0 fully saturated rings. The molecule has 0 heterocycles. The lowest BCUT2D eigenvalue weighted by molar-refractivity contribution is -0.0567. The number of halogens is 1. The molecule has 2 nitrogen and oxygen atoms in total. The summed E-state index contributed by atoms with van der Waals surface area (Å²) in [7, 11) is 4.20. The van der Waals surface area contributed by atoms with Gasteiger partial charge in [-0.1, -0.05) is 41.9 Å². The zero-order chi connectivity index (χ0) is 16.9. The molecule has 24 heavy (non-hydrogen) atoms. The lowest BCUT2D eigenvalue weighted by atomic mass is 9.61. The Bertz CT molecular complexity index is 772. The SMILES string of the molecule is CC(COC12CCC(c3ccccc31)c1cc(Cl)ccc12)N(C)C. The Labute approximate surface area is 149 Å². The van der Waals surface area contributed by atoms with Gasteiger partial charge in [0.05, 0.1) is 6.61 Å². The highest BCUT2D eigenvalue weighted by Crippen LogP contribution is 2.57. The molecule has 126 valence electrons. The van der Waals surface area contributed by atoms with Crippen LogP contribution in [0.1, 0.15) is 47.9 Å². The third-order valence-corrected chi connectivity index (χ3v) is 6.07. The molecule has 0 aromatic heterocycles. The highest BCUT2D eigenvalue weighted by atomic mass is 35.5. The maximum atomic E-state index is 6.69. The van der Waals surface area contributed by atoms with Crippen LogP contribution in [0, 0.1) is 0 Å². The Morgan fingerprint density at radius 3 is 2.71 bits per heavy atom. The lowest BCUT2D eigenvalue weighted by Gasteiger charge is -2.49. The summed E-state index contributed by atoms with van der Waals surface area (Å²) in [6, 6.07) is 15.5. The number of likely N-dealkylation sites (N-methyl/N-ethyl adjacent to an activating group) is 1. The lowest BCUT2D eigenvalue weighted by Crippen LogP contribution is -2.44. The molecule has 0 spiro atoms. The Morgan fingerprint density at radius 2 is 1.92 bits per heavy atom. The van der Waals surface area contributed by atoms with Crippen molar-refractivity contribution in [3.63, 3.8) is 0 Å². The van der Waals surface area contributed by atoms with Gasteiger partial charge in [-0.2, -0.15) is 0 Å². The minimum absolute atomic E-state index is 0.324. The van der Waals surface area contributed by atoms with Crippen molar-refractivity contribution in [1.29, 1.82) is 0 Å². The first-order valence-corrected chi connectivity index (χ1v) is 9.10. The molecule has 0 saturated heterocycles. The molecule has 3 aliphatic rings. The van der Waals surface area contributed by atoms with E-state index in [-0.39, 0.29) is 5.60 Å². The van der Waals surface area contributed by atoms with Gasteiger partial charge in [0.25, 0.3) is 0 Å². The number of rotatable bonds is 4. The Hall–Kier alpha value is -1.35. The van der Waals surface area contributed by atoms with Gasteiger partial charge >= 0.3 is 0 Å². The van der Waals surface area contributed by atoms with Gasteiger partial charge in [0.15, 0.2) is 0 Å². The first-order chi connectivity index (χ1) is 11.5. The van der Waals surface area contributed by atoms with Crippen molar-refractivity contribution >= 4 is 11.6 Å². The second kappa shape index (κ2) is 5.87.